The number of allylic oxidation sites excluding steroid dienone is 4. The van der Waals surface area contributed by atoms with Crippen LogP contribution < -0.4 is 5.32 Å². The van der Waals surface area contributed by atoms with Gasteiger partial charge in [-0.1, -0.05) is 6.08 Å². The lowest BCUT2D eigenvalue weighted by molar-refractivity contribution is -0.109. The maximum Gasteiger partial charge on any atom is 0.211 e. The molecule has 0 aromatic heterocycles. The van der Waals surface area contributed by atoms with Crippen LogP contribution in [0, 0.1) is 0 Å². The van der Waals surface area contributed by atoms with Crippen LogP contribution in [0.4, 0.5) is 8.78 Å². The highest BCUT2D eigenvalue weighted by atomic mass is 19.1. The summed E-state index contributed by atoms with van der Waals surface area (Å²) in [5.41, 5.74) is -0.344. The second-order valence-electron chi connectivity index (χ2n) is 2.14. The molecule has 0 aromatic rings. The van der Waals surface area contributed by atoms with Crippen LogP contribution in [0.3, 0.4) is 0 Å². The van der Waals surface area contributed by atoms with Crippen molar-refractivity contribution in [2.24, 2.45) is 0 Å². The third-order valence-electron chi connectivity index (χ3n) is 1.18. The topological polar surface area (TPSA) is 29.1 Å². The van der Waals surface area contributed by atoms with E-state index in [1.54, 1.807) is 6.92 Å². The van der Waals surface area contributed by atoms with Gasteiger partial charge in [0.2, 0.25) is 6.41 Å². The van der Waals surface area contributed by atoms with Crippen molar-refractivity contribution < 1.29 is 13.6 Å². The molecule has 0 aliphatic carbocycles. The number of halogens is 2. The molecule has 1 N–H and O–H groups in total. The quantitative estimate of drug-likeness (QED) is 0.512. The Morgan fingerprint density at radius 3 is 2.50 bits per heavy atom. The molecule has 0 fully saturated rings. The summed E-state index contributed by atoms with van der Waals surface area (Å²) in [5, 5.41) is 1.96. The SMILES string of the molecule is CC=CC(F)=C(NC=O)C(C)F. The van der Waals surface area contributed by atoms with Gasteiger partial charge in [0, 0.05) is 0 Å². The predicted octanol–water partition coefficient (Wildman–Crippen LogP) is 1.85. The number of alkyl halides is 1. The lowest BCUT2D eigenvalue weighted by Crippen LogP contribution is -2.18. The molecule has 0 aliphatic rings. The molecule has 12 heavy (non-hydrogen) atoms. The van der Waals surface area contributed by atoms with Gasteiger partial charge >= 0.3 is 0 Å². The molecule has 1 amide bonds. The molecule has 1 atom stereocenters. The average molecular weight is 175 g/mol. The minimum atomic E-state index is -1.52. The molecule has 0 saturated heterocycles. The normalized spacial score (nSPS) is 15.7. The van der Waals surface area contributed by atoms with E-state index in [1.165, 1.54) is 6.08 Å². The van der Waals surface area contributed by atoms with Gasteiger partial charge in [-0.3, -0.25) is 4.79 Å². The van der Waals surface area contributed by atoms with E-state index in [9.17, 15) is 13.6 Å². The Kier molecular flexibility index (Phi) is 4.92. The highest BCUT2D eigenvalue weighted by Gasteiger charge is 2.10. The molecule has 0 spiro atoms. The Morgan fingerprint density at radius 2 is 2.17 bits per heavy atom. The van der Waals surface area contributed by atoms with Crippen molar-refractivity contribution >= 4 is 6.41 Å². The summed E-state index contributed by atoms with van der Waals surface area (Å²) < 4.78 is 25.4. The standard InChI is InChI=1S/C8H11F2NO/c1-3-4-7(10)8(6(2)9)11-5-12/h3-6H,1-2H3,(H,11,12). The van der Waals surface area contributed by atoms with E-state index >= 15 is 0 Å². The van der Waals surface area contributed by atoms with Gasteiger partial charge in [-0.05, 0) is 19.9 Å². The minimum absolute atomic E-state index is 0.245. The van der Waals surface area contributed by atoms with E-state index in [0.717, 1.165) is 13.0 Å². The van der Waals surface area contributed by atoms with Gasteiger partial charge in [0.1, 0.15) is 12.0 Å². The summed E-state index contributed by atoms with van der Waals surface area (Å²) in [6, 6.07) is 0. The van der Waals surface area contributed by atoms with Crippen molar-refractivity contribution in [3.8, 4) is 0 Å². The number of rotatable bonds is 4. The van der Waals surface area contributed by atoms with Crippen LogP contribution in [0.2, 0.25) is 0 Å². The van der Waals surface area contributed by atoms with Crippen molar-refractivity contribution in [3.63, 3.8) is 0 Å². The predicted molar refractivity (Wildman–Crippen MR) is 42.7 cm³/mol. The van der Waals surface area contributed by atoms with Gasteiger partial charge in [0.25, 0.3) is 0 Å². The Balaban J connectivity index is 4.65. The minimum Gasteiger partial charge on any atom is -0.327 e. The fourth-order valence-electron chi connectivity index (χ4n) is 0.673. The van der Waals surface area contributed by atoms with Crippen molar-refractivity contribution in [1.82, 2.24) is 5.32 Å². The molecule has 68 valence electrons. The van der Waals surface area contributed by atoms with Gasteiger partial charge in [-0.25, -0.2) is 8.78 Å². The van der Waals surface area contributed by atoms with Crippen LogP contribution in [0.1, 0.15) is 13.8 Å². The van der Waals surface area contributed by atoms with Crippen LogP contribution >= 0.6 is 0 Å². The Labute approximate surface area is 70.0 Å². The Morgan fingerprint density at radius 1 is 1.58 bits per heavy atom. The molecule has 0 bridgehead atoms. The van der Waals surface area contributed by atoms with E-state index in [4.69, 9.17) is 0 Å². The smallest absolute Gasteiger partial charge is 0.211 e. The van der Waals surface area contributed by atoms with Crippen LogP contribution in [0.15, 0.2) is 23.7 Å². The van der Waals surface area contributed by atoms with Crippen molar-refractivity contribution in [2.75, 3.05) is 0 Å². The van der Waals surface area contributed by atoms with Crippen LogP contribution in [0.25, 0.3) is 0 Å². The zero-order valence-corrected chi connectivity index (χ0v) is 6.97. The number of nitrogens with one attached hydrogen (secondary N) is 1. The molecule has 0 aromatic carbocycles. The molecule has 0 radical (unpaired) electrons. The maximum absolute atomic E-state index is 12.8. The number of carbonyl (C=O) groups is 1. The van der Waals surface area contributed by atoms with E-state index in [-0.39, 0.29) is 12.1 Å². The summed E-state index contributed by atoms with van der Waals surface area (Å²) >= 11 is 0. The van der Waals surface area contributed by atoms with E-state index in [1.807, 2.05) is 5.32 Å². The van der Waals surface area contributed by atoms with Gasteiger partial charge in [0.15, 0.2) is 0 Å². The fourth-order valence-corrected chi connectivity index (χ4v) is 0.673. The average Bonchev–Trinajstić information content (AvgIpc) is 1.99. The van der Waals surface area contributed by atoms with Crippen LogP contribution in [0.5, 0.6) is 0 Å². The van der Waals surface area contributed by atoms with Crippen LogP contribution in [-0.4, -0.2) is 12.6 Å². The highest BCUT2D eigenvalue weighted by Crippen LogP contribution is 2.11. The second-order valence-corrected chi connectivity index (χ2v) is 2.14. The van der Waals surface area contributed by atoms with Gasteiger partial charge in [-0.2, -0.15) is 0 Å². The molecular weight excluding hydrogens is 164 g/mol. The molecule has 0 aliphatic heterocycles. The van der Waals surface area contributed by atoms with Crippen LogP contribution in [-0.2, 0) is 4.79 Å². The highest BCUT2D eigenvalue weighted by molar-refractivity contribution is 5.51. The van der Waals surface area contributed by atoms with Gasteiger partial charge < -0.3 is 5.32 Å². The molecule has 2 nitrogen and oxygen atoms in total. The van der Waals surface area contributed by atoms with Crippen molar-refractivity contribution in [3.05, 3.63) is 23.7 Å². The van der Waals surface area contributed by atoms with E-state index < -0.39 is 12.0 Å². The summed E-state index contributed by atoms with van der Waals surface area (Å²) in [6.45, 7) is 2.75. The fraction of sp³-hybridized carbons (Fsp3) is 0.375. The summed E-state index contributed by atoms with van der Waals surface area (Å²) in [7, 11) is 0. The van der Waals surface area contributed by atoms with Crippen molar-refractivity contribution in [1.29, 1.82) is 0 Å². The molecule has 1 unspecified atom stereocenters. The number of hydrogen-bond donors (Lipinski definition) is 1. The zero-order chi connectivity index (χ0) is 9.56. The lowest BCUT2D eigenvalue weighted by Gasteiger charge is -2.06. The largest absolute Gasteiger partial charge is 0.327 e. The van der Waals surface area contributed by atoms with Gasteiger partial charge in [0.05, 0.1) is 5.70 Å². The first-order chi connectivity index (χ1) is 5.63. The molecule has 4 heteroatoms. The molecule has 0 rings (SSSR count). The Hall–Kier alpha value is -1.19. The summed E-state index contributed by atoms with van der Waals surface area (Å²) in [5.74, 6) is -0.764. The van der Waals surface area contributed by atoms with Crippen molar-refractivity contribution in [2.45, 2.75) is 20.0 Å². The zero-order valence-electron chi connectivity index (χ0n) is 6.97. The number of hydrogen-bond acceptors (Lipinski definition) is 1. The maximum atomic E-state index is 12.8. The monoisotopic (exact) mass is 175 g/mol. The Bertz CT molecular complexity index is 209. The number of carbonyl (C=O) groups excluding carboxylic acids is 1. The first-order valence-corrected chi connectivity index (χ1v) is 3.50. The third-order valence-corrected chi connectivity index (χ3v) is 1.18. The summed E-state index contributed by atoms with van der Waals surface area (Å²) in [6.07, 6.45) is 1.23. The van der Waals surface area contributed by atoms with Gasteiger partial charge in [-0.15, -0.1) is 0 Å². The molecule has 0 heterocycles. The number of amides is 1. The van der Waals surface area contributed by atoms with E-state index in [0.29, 0.717) is 0 Å². The second kappa shape index (κ2) is 5.46. The summed E-state index contributed by atoms with van der Waals surface area (Å²) in [4.78, 5) is 9.93. The first kappa shape index (κ1) is 10.8. The lowest BCUT2D eigenvalue weighted by atomic mass is 10.2. The third kappa shape index (κ3) is 3.27. The first-order valence-electron chi connectivity index (χ1n) is 3.50. The molecule has 0 saturated carbocycles. The molecular formula is C8H11F2NO. The van der Waals surface area contributed by atoms with E-state index in [2.05, 4.69) is 0 Å².